The molecule has 2 aromatic rings. The van der Waals surface area contributed by atoms with E-state index in [1.165, 1.54) is 55.1 Å². The number of phenols is 2. The topological polar surface area (TPSA) is 363 Å². The number of carbonyl (C=O) groups excluding carboxylic acids is 7. The van der Waals surface area contributed by atoms with Crippen molar-refractivity contribution in [2.24, 2.45) is 23.3 Å². The van der Waals surface area contributed by atoms with Crippen molar-refractivity contribution in [1.29, 1.82) is 0 Å². The first-order valence-corrected chi connectivity index (χ1v) is 26.6. The predicted molar refractivity (Wildman–Crippen MR) is 278 cm³/mol. The number of aliphatic hydroxyl groups excluding tert-OH is 1. The molecule has 74 heavy (non-hydrogen) atoms. The largest absolute Gasteiger partial charge is 0.508 e. The van der Waals surface area contributed by atoms with Gasteiger partial charge >= 0.3 is 5.97 Å². The Hall–Kier alpha value is -6.01. The third-order valence-corrected chi connectivity index (χ3v) is 12.8. The number of aromatic hydroxyl groups is 2. The predicted octanol–water partition coefficient (Wildman–Crippen LogP) is 0.223. The molecular weight excluding hydrogens is 979 g/mol. The summed E-state index contributed by atoms with van der Waals surface area (Å²) >= 11 is 1.48. The molecule has 1 fully saturated rings. The lowest BCUT2D eigenvalue weighted by Gasteiger charge is -2.28. The highest BCUT2D eigenvalue weighted by molar-refractivity contribution is 7.98. The number of phenolic OH excluding ortho intramolecular Hbond substituents is 2. The minimum atomic E-state index is -1.61. The molecule has 23 heteroatoms. The molecule has 15 N–H and O–H groups in total. The molecule has 1 aliphatic rings. The van der Waals surface area contributed by atoms with Gasteiger partial charge in [-0.05, 0) is 124 Å². The fraction of sp³-hybridized carbons (Fsp3) is 0.608. The summed E-state index contributed by atoms with van der Waals surface area (Å²) in [4.78, 5) is 108. The van der Waals surface area contributed by atoms with Crippen LogP contribution < -0.4 is 48.7 Å². The van der Waals surface area contributed by atoms with E-state index in [4.69, 9.17) is 16.2 Å². The van der Waals surface area contributed by atoms with Crippen molar-refractivity contribution < 1.29 is 63.5 Å². The molecule has 0 spiro atoms. The standard InChI is InChI=1S/C51H79N9O13S/c1-28(2)23-36(53)44(64)55-37(20-22-74-6)46(66)58-40(25-31-10-14-33(62)15-11-31)45(65)54-27-35-18-19-42(73-35)49(69)60-43(30(5)61)50(70)59-41(26-32-12-16-34(63)17-13-32)48(68)57-39(24-29(3)4)47(67)56-38(51(71)72)9-7-8-21-52/h10-17,28-30,35-43,61-63H,7-9,18-27,52-53H2,1-6H3,(H,54,65)(H,55,64)(H,56,67)(H,57,68)(H,58,66)(H,59,70)(H,60,69)(H,71,72)/t30-,35-,36+,37+,38+,39+,40+,41+,42+,43+/m1/s1. The molecule has 0 bridgehead atoms. The lowest BCUT2D eigenvalue weighted by atomic mass is 10.00. The van der Waals surface area contributed by atoms with Crippen LogP contribution in [0.1, 0.15) is 97.1 Å². The third kappa shape index (κ3) is 21.8. The molecule has 1 heterocycles. The number of unbranched alkanes of at least 4 members (excludes halogenated alkanes) is 1. The summed E-state index contributed by atoms with van der Waals surface area (Å²) in [6.07, 6.45) is 0.712. The zero-order chi connectivity index (χ0) is 55.1. The maximum atomic E-state index is 14.1. The average Bonchev–Trinajstić information content (AvgIpc) is 3.82. The van der Waals surface area contributed by atoms with Crippen molar-refractivity contribution in [3.8, 4) is 11.5 Å². The minimum absolute atomic E-state index is 0.00417. The zero-order valence-corrected chi connectivity index (χ0v) is 44.1. The number of carbonyl (C=O) groups is 8. The Morgan fingerprint density at radius 2 is 1.14 bits per heavy atom. The third-order valence-electron chi connectivity index (χ3n) is 12.2. The zero-order valence-electron chi connectivity index (χ0n) is 43.3. The Kier molecular flexibility index (Phi) is 26.6. The highest BCUT2D eigenvalue weighted by Crippen LogP contribution is 2.21. The fourth-order valence-electron chi connectivity index (χ4n) is 8.12. The molecule has 0 saturated carbocycles. The Bertz CT molecular complexity index is 2150. The average molecular weight is 1060 g/mol. The van der Waals surface area contributed by atoms with Gasteiger partial charge in [0.05, 0.1) is 18.2 Å². The molecule has 10 atom stereocenters. The molecule has 0 aromatic heterocycles. The van der Waals surface area contributed by atoms with Crippen LogP contribution in [0.5, 0.6) is 11.5 Å². The summed E-state index contributed by atoms with van der Waals surface area (Å²) in [5.74, 6) is -5.77. The number of rotatable bonds is 32. The first-order valence-electron chi connectivity index (χ1n) is 25.2. The Labute approximate surface area is 437 Å². The maximum absolute atomic E-state index is 14.1. The van der Waals surface area contributed by atoms with Gasteiger partial charge in [-0.2, -0.15) is 11.8 Å². The molecule has 412 valence electrons. The first-order chi connectivity index (χ1) is 35.0. The van der Waals surface area contributed by atoms with Gasteiger partial charge in [-0.1, -0.05) is 52.0 Å². The van der Waals surface area contributed by atoms with Gasteiger partial charge in [0.15, 0.2) is 0 Å². The van der Waals surface area contributed by atoms with E-state index in [1.54, 1.807) is 26.0 Å². The lowest BCUT2D eigenvalue weighted by Crippen LogP contribution is -2.60. The van der Waals surface area contributed by atoms with E-state index >= 15 is 0 Å². The quantitative estimate of drug-likeness (QED) is 0.0436. The van der Waals surface area contributed by atoms with Crippen molar-refractivity contribution >= 4 is 59.1 Å². The van der Waals surface area contributed by atoms with Crippen LogP contribution in [0.2, 0.25) is 0 Å². The lowest BCUT2D eigenvalue weighted by molar-refractivity contribution is -0.142. The Balaban J connectivity index is 1.74. The fourth-order valence-corrected chi connectivity index (χ4v) is 8.59. The number of nitrogens with two attached hydrogens (primary N) is 2. The second kappa shape index (κ2) is 31.7. The number of carboxylic acid groups (broad SMARTS) is 1. The number of nitrogens with one attached hydrogen (secondary N) is 7. The number of thioether (sulfide) groups is 1. The summed E-state index contributed by atoms with van der Waals surface area (Å²) in [6.45, 7) is 8.97. The number of aliphatic hydroxyl groups is 1. The first kappa shape index (κ1) is 62.3. The van der Waals surface area contributed by atoms with Gasteiger partial charge < -0.3 is 73.8 Å². The van der Waals surface area contributed by atoms with Crippen LogP contribution in [0.15, 0.2) is 48.5 Å². The number of hydrogen-bond acceptors (Lipinski definition) is 15. The van der Waals surface area contributed by atoms with Crippen LogP contribution in [-0.2, 0) is 55.9 Å². The van der Waals surface area contributed by atoms with E-state index in [-0.39, 0.29) is 68.4 Å². The van der Waals surface area contributed by atoms with Gasteiger partial charge in [0.1, 0.15) is 53.9 Å². The van der Waals surface area contributed by atoms with Gasteiger partial charge in [-0.3, -0.25) is 33.6 Å². The number of benzene rings is 2. The second-order valence-corrected chi connectivity index (χ2v) is 20.6. The van der Waals surface area contributed by atoms with Gasteiger partial charge in [-0.25, -0.2) is 4.79 Å². The summed E-state index contributed by atoms with van der Waals surface area (Å²) in [5, 5.41) is 58.9. The van der Waals surface area contributed by atoms with Crippen molar-refractivity contribution in [2.75, 3.05) is 25.1 Å². The summed E-state index contributed by atoms with van der Waals surface area (Å²) in [5.41, 5.74) is 12.8. The monoisotopic (exact) mass is 1060 g/mol. The molecule has 0 unspecified atom stereocenters. The van der Waals surface area contributed by atoms with Crippen LogP contribution in [0.3, 0.4) is 0 Å². The number of hydrogen-bond donors (Lipinski definition) is 13. The molecule has 2 aromatic carbocycles. The van der Waals surface area contributed by atoms with Crippen LogP contribution in [0, 0.1) is 11.8 Å². The number of amides is 7. The van der Waals surface area contributed by atoms with Crippen LogP contribution in [0.4, 0.5) is 0 Å². The number of aliphatic carboxylic acids is 1. The summed E-state index contributed by atoms with van der Waals surface area (Å²) in [6, 6.07) is 3.44. The summed E-state index contributed by atoms with van der Waals surface area (Å²) < 4.78 is 6.00. The Morgan fingerprint density at radius 1 is 0.635 bits per heavy atom. The maximum Gasteiger partial charge on any atom is 0.326 e. The smallest absolute Gasteiger partial charge is 0.326 e. The summed E-state index contributed by atoms with van der Waals surface area (Å²) in [7, 11) is 0. The highest BCUT2D eigenvalue weighted by atomic mass is 32.2. The van der Waals surface area contributed by atoms with Gasteiger partial charge in [0.25, 0.3) is 0 Å². The van der Waals surface area contributed by atoms with Crippen LogP contribution in [-0.4, -0.2) is 153 Å². The number of ether oxygens (including phenoxy) is 1. The van der Waals surface area contributed by atoms with E-state index in [1.807, 2.05) is 20.1 Å². The van der Waals surface area contributed by atoms with Gasteiger partial charge in [0, 0.05) is 19.4 Å². The van der Waals surface area contributed by atoms with Crippen molar-refractivity contribution in [1.82, 2.24) is 37.2 Å². The molecule has 0 radical (unpaired) electrons. The number of carboxylic acids is 1. The van der Waals surface area contributed by atoms with Gasteiger partial charge in [0.2, 0.25) is 41.4 Å². The Morgan fingerprint density at radius 3 is 1.66 bits per heavy atom. The van der Waals surface area contributed by atoms with E-state index < -0.39 is 108 Å². The molecule has 1 aliphatic heterocycles. The van der Waals surface area contributed by atoms with E-state index in [2.05, 4.69) is 37.2 Å². The second-order valence-electron chi connectivity index (χ2n) is 19.6. The van der Waals surface area contributed by atoms with Crippen molar-refractivity contribution in [3.05, 3.63) is 59.7 Å². The molecule has 1 saturated heterocycles. The van der Waals surface area contributed by atoms with Crippen molar-refractivity contribution in [2.45, 2.75) is 159 Å². The SMILES string of the molecule is CSCC[C@H](NC(=O)[C@@H](N)CC(C)C)C(=O)N[C@@H](Cc1ccc(O)cc1)C(=O)NC[C@H]1CC[C@@H](C(=O)N[C@H](C(=O)N[C@@H](Cc2ccc(O)cc2)C(=O)N[C@@H](CC(C)C)C(=O)N[C@@H](CCCCN)C(=O)O)[C@@H](C)O)O1. The molecular formula is C51H79N9O13S. The van der Waals surface area contributed by atoms with E-state index in [0.717, 1.165) is 0 Å². The van der Waals surface area contributed by atoms with E-state index in [9.17, 15) is 58.8 Å². The van der Waals surface area contributed by atoms with Crippen molar-refractivity contribution in [3.63, 3.8) is 0 Å². The molecule has 7 amide bonds. The van der Waals surface area contributed by atoms with Crippen LogP contribution in [0.25, 0.3) is 0 Å². The highest BCUT2D eigenvalue weighted by Gasteiger charge is 2.37. The molecule has 0 aliphatic carbocycles. The van der Waals surface area contributed by atoms with Gasteiger partial charge in [-0.15, -0.1) is 0 Å². The molecule has 22 nitrogen and oxygen atoms in total. The van der Waals surface area contributed by atoms with E-state index in [0.29, 0.717) is 49.1 Å². The normalized spacial score (nSPS) is 17.6. The van der Waals surface area contributed by atoms with Crippen LogP contribution >= 0.6 is 11.8 Å². The minimum Gasteiger partial charge on any atom is -0.508 e. The molecule has 3 rings (SSSR count).